The molecule has 5 rings (SSSR count). The van der Waals surface area contributed by atoms with Gasteiger partial charge in [0.2, 0.25) is 0 Å². The average Bonchev–Trinajstić information content (AvgIpc) is 3.18. The van der Waals surface area contributed by atoms with Crippen LogP contribution in [0.5, 0.6) is 0 Å². The Morgan fingerprint density at radius 1 is 0.886 bits per heavy atom. The van der Waals surface area contributed by atoms with Crippen LogP contribution in [0.25, 0.3) is 5.76 Å². The number of aliphatic hydroxyl groups excluding tert-OH is 1. The van der Waals surface area contributed by atoms with Gasteiger partial charge < -0.3 is 9.84 Å². The van der Waals surface area contributed by atoms with Crippen molar-refractivity contribution in [3.05, 3.63) is 106 Å². The standard InChI is InChI=1S/C29H25NO5/c1-35-29(34)22-12-7-13-23(17-22)30-25(19-9-3-2-4-10-19)24(27(32)28(30)33)26(31)21-15-14-18-8-5-6-11-20(18)16-21/h2-4,7,9-10,12-17,25,31H,5-6,8,11H2,1H3/b26-24-. The highest BCUT2D eigenvalue weighted by Crippen LogP contribution is 2.42. The number of aryl methyl sites for hydroxylation is 2. The topological polar surface area (TPSA) is 83.9 Å². The summed E-state index contributed by atoms with van der Waals surface area (Å²) < 4.78 is 4.82. The first-order valence-corrected chi connectivity index (χ1v) is 11.7. The van der Waals surface area contributed by atoms with Crippen LogP contribution in [0.1, 0.15) is 51.5 Å². The second kappa shape index (κ2) is 9.22. The molecular weight excluding hydrogens is 442 g/mol. The third kappa shape index (κ3) is 4.01. The highest BCUT2D eigenvalue weighted by atomic mass is 16.5. The molecule has 1 fully saturated rings. The Hall–Kier alpha value is -4.19. The van der Waals surface area contributed by atoms with Crippen LogP contribution in [-0.4, -0.2) is 29.9 Å². The molecule has 0 spiro atoms. The maximum Gasteiger partial charge on any atom is 0.337 e. The normalized spacial score (nSPS) is 18.9. The third-order valence-electron chi connectivity index (χ3n) is 6.73. The van der Waals surface area contributed by atoms with E-state index < -0.39 is 23.7 Å². The van der Waals surface area contributed by atoms with Crippen molar-refractivity contribution in [2.45, 2.75) is 31.7 Å². The number of carbonyl (C=O) groups excluding carboxylic acids is 3. The van der Waals surface area contributed by atoms with Crippen molar-refractivity contribution in [1.82, 2.24) is 0 Å². The Balaban J connectivity index is 1.67. The van der Waals surface area contributed by atoms with Gasteiger partial charge in [-0.25, -0.2) is 4.79 Å². The van der Waals surface area contributed by atoms with Crippen molar-refractivity contribution in [2.24, 2.45) is 0 Å². The van der Waals surface area contributed by atoms with Crippen LogP contribution in [0.3, 0.4) is 0 Å². The van der Waals surface area contributed by atoms with Crippen molar-refractivity contribution in [1.29, 1.82) is 0 Å². The molecule has 1 aliphatic carbocycles. The summed E-state index contributed by atoms with van der Waals surface area (Å²) in [6.07, 6.45) is 4.15. The van der Waals surface area contributed by atoms with Gasteiger partial charge in [0.25, 0.3) is 11.7 Å². The number of fused-ring (bicyclic) bond motifs is 1. The summed E-state index contributed by atoms with van der Waals surface area (Å²) in [5.74, 6) is -2.27. The molecule has 176 valence electrons. The van der Waals surface area contributed by atoms with Crippen LogP contribution in [-0.2, 0) is 27.2 Å². The molecule has 2 aliphatic rings. The van der Waals surface area contributed by atoms with Crippen molar-refractivity contribution < 1.29 is 24.2 Å². The summed E-state index contributed by atoms with van der Waals surface area (Å²) in [6.45, 7) is 0. The lowest BCUT2D eigenvalue weighted by Crippen LogP contribution is -2.29. The van der Waals surface area contributed by atoms with Crippen LogP contribution in [0.15, 0.2) is 78.4 Å². The van der Waals surface area contributed by atoms with Crippen LogP contribution < -0.4 is 4.90 Å². The molecule has 1 aliphatic heterocycles. The van der Waals surface area contributed by atoms with Gasteiger partial charge in [0.15, 0.2) is 0 Å². The fourth-order valence-corrected chi connectivity index (χ4v) is 4.99. The number of anilines is 1. The van der Waals surface area contributed by atoms with Gasteiger partial charge in [-0.05, 0) is 66.6 Å². The number of nitrogens with zero attached hydrogens (tertiary/aromatic N) is 1. The first kappa shape index (κ1) is 22.6. The molecule has 6 heteroatoms. The minimum absolute atomic E-state index is 0.0282. The van der Waals surface area contributed by atoms with E-state index in [-0.39, 0.29) is 16.9 Å². The molecule has 1 amide bonds. The van der Waals surface area contributed by atoms with E-state index in [1.807, 2.05) is 48.5 Å². The molecule has 1 unspecified atom stereocenters. The van der Waals surface area contributed by atoms with E-state index >= 15 is 0 Å². The van der Waals surface area contributed by atoms with E-state index in [1.54, 1.807) is 18.2 Å². The Morgan fingerprint density at radius 2 is 1.63 bits per heavy atom. The van der Waals surface area contributed by atoms with Crippen LogP contribution in [0, 0.1) is 0 Å². The maximum absolute atomic E-state index is 13.4. The molecule has 1 N–H and O–H groups in total. The molecule has 35 heavy (non-hydrogen) atoms. The molecule has 3 aromatic rings. The van der Waals surface area contributed by atoms with Gasteiger partial charge in [-0.3, -0.25) is 14.5 Å². The van der Waals surface area contributed by atoms with Crippen LogP contribution in [0.2, 0.25) is 0 Å². The zero-order valence-corrected chi connectivity index (χ0v) is 19.4. The number of esters is 1. The molecule has 0 saturated carbocycles. The second-order valence-electron chi connectivity index (χ2n) is 8.81. The number of hydrogen-bond donors (Lipinski definition) is 1. The van der Waals surface area contributed by atoms with Gasteiger partial charge in [-0.15, -0.1) is 0 Å². The van der Waals surface area contributed by atoms with Gasteiger partial charge >= 0.3 is 5.97 Å². The lowest BCUT2D eigenvalue weighted by Gasteiger charge is -2.26. The van der Waals surface area contributed by atoms with Crippen LogP contribution in [0.4, 0.5) is 5.69 Å². The summed E-state index contributed by atoms with van der Waals surface area (Å²) in [4.78, 5) is 40.1. The summed E-state index contributed by atoms with van der Waals surface area (Å²) in [6, 6.07) is 20.4. The number of hydrogen-bond acceptors (Lipinski definition) is 5. The fourth-order valence-electron chi connectivity index (χ4n) is 4.99. The summed E-state index contributed by atoms with van der Waals surface area (Å²) in [5, 5.41) is 11.4. The highest BCUT2D eigenvalue weighted by molar-refractivity contribution is 6.51. The highest BCUT2D eigenvalue weighted by Gasteiger charge is 2.47. The van der Waals surface area contributed by atoms with Crippen LogP contribution >= 0.6 is 0 Å². The number of ether oxygens (including phenoxy) is 1. The van der Waals surface area contributed by atoms with E-state index in [0.29, 0.717) is 16.8 Å². The number of benzene rings is 3. The molecule has 1 atom stereocenters. The number of ketones is 1. The Labute approximate surface area is 203 Å². The predicted molar refractivity (Wildman–Crippen MR) is 132 cm³/mol. The average molecular weight is 468 g/mol. The molecule has 0 aromatic heterocycles. The summed E-state index contributed by atoms with van der Waals surface area (Å²) >= 11 is 0. The molecule has 6 nitrogen and oxygen atoms in total. The molecule has 3 aromatic carbocycles. The molecular formula is C29H25NO5. The van der Waals surface area contributed by atoms with Crippen molar-refractivity contribution >= 4 is 29.1 Å². The Morgan fingerprint density at radius 3 is 2.37 bits per heavy atom. The Bertz CT molecular complexity index is 1360. The van der Waals surface area contributed by atoms with Gasteiger partial charge in [0, 0.05) is 11.3 Å². The minimum Gasteiger partial charge on any atom is -0.507 e. The fraction of sp³-hybridized carbons (Fsp3) is 0.207. The molecule has 1 saturated heterocycles. The quantitative estimate of drug-likeness (QED) is 0.253. The number of Topliss-reactive ketones (excluding diaryl/α,β-unsaturated/α-hetero) is 1. The minimum atomic E-state index is -0.847. The monoisotopic (exact) mass is 467 g/mol. The van der Waals surface area contributed by atoms with Crippen molar-refractivity contribution in [2.75, 3.05) is 12.0 Å². The maximum atomic E-state index is 13.4. The lowest BCUT2D eigenvalue weighted by atomic mass is 9.88. The third-order valence-corrected chi connectivity index (χ3v) is 6.73. The number of rotatable bonds is 4. The number of aliphatic hydroxyl groups is 1. The number of methoxy groups -OCH3 is 1. The molecule has 0 bridgehead atoms. The SMILES string of the molecule is COC(=O)c1cccc(N2C(=O)C(=O)/C(=C(\O)c3ccc4c(c3)CCCC4)C2c2ccccc2)c1. The first-order valence-electron chi connectivity index (χ1n) is 11.7. The van der Waals surface area contributed by atoms with Gasteiger partial charge in [-0.2, -0.15) is 0 Å². The summed E-state index contributed by atoms with van der Waals surface area (Å²) in [5.41, 5.74) is 4.27. The van der Waals surface area contributed by atoms with E-state index in [1.165, 1.54) is 23.6 Å². The predicted octanol–water partition coefficient (Wildman–Crippen LogP) is 4.98. The van der Waals surface area contributed by atoms with Gasteiger partial charge in [-0.1, -0.05) is 48.5 Å². The Kier molecular flexibility index (Phi) is 5.95. The smallest absolute Gasteiger partial charge is 0.337 e. The van der Waals surface area contributed by atoms with Crippen molar-refractivity contribution in [3.63, 3.8) is 0 Å². The number of amides is 1. The van der Waals surface area contributed by atoms with E-state index in [0.717, 1.165) is 31.2 Å². The second-order valence-corrected chi connectivity index (χ2v) is 8.81. The molecule has 0 radical (unpaired) electrons. The lowest BCUT2D eigenvalue weighted by molar-refractivity contribution is -0.132. The van der Waals surface area contributed by atoms with E-state index in [4.69, 9.17) is 4.74 Å². The zero-order valence-electron chi connectivity index (χ0n) is 19.4. The summed E-state index contributed by atoms with van der Waals surface area (Å²) in [7, 11) is 1.28. The molecule has 1 heterocycles. The largest absolute Gasteiger partial charge is 0.507 e. The number of carbonyl (C=O) groups is 3. The van der Waals surface area contributed by atoms with Crippen molar-refractivity contribution in [3.8, 4) is 0 Å². The zero-order chi connectivity index (χ0) is 24.5. The first-order chi connectivity index (χ1) is 17.0. The van der Waals surface area contributed by atoms with Gasteiger partial charge in [0.1, 0.15) is 5.76 Å². The van der Waals surface area contributed by atoms with E-state index in [9.17, 15) is 19.5 Å². The van der Waals surface area contributed by atoms with E-state index in [2.05, 4.69) is 0 Å². The van der Waals surface area contributed by atoms with Gasteiger partial charge in [0.05, 0.1) is 24.3 Å².